The number of ether oxygens (including phenoxy) is 2. The van der Waals surface area contributed by atoms with E-state index < -0.39 is 0 Å². The highest BCUT2D eigenvalue weighted by molar-refractivity contribution is 5.76. The summed E-state index contributed by atoms with van der Waals surface area (Å²) in [5, 5.41) is 2.93. The maximum Gasteiger partial charge on any atom is 0.220 e. The van der Waals surface area contributed by atoms with Crippen LogP contribution < -0.4 is 14.8 Å². The van der Waals surface area contributed by atoms with Gasteiger partial charge in [0.05, 0.1) is 6.54 Å². The van der Waals surface area contributed by atoms with E-state index in [1.54, 1.807) is 0 Å². The number of hydrogen-bond acceptors (Lipinski definition) is 3. The Morgan fingerprint density at radius 3 is 1.89 bits per heavy atom. The predicted molar refractivity (Wildman–Crippen MR) is 147 cm³/mol. The van der Waals surface area contributed by atoms with Crippen molar-refractivity contribution >= 4 is 5.91 Å². The lowest BCUT2D eigenvalue weighted by atomic mass is 10.2. The Labute approximate surface area is 211 Å². The van der Waals surface area contributed by atoms with Gasteiger partial charge in [-0.25, -0.2) is 0 Å². The molecule has 1 atom stereocenters. The van der Waals surface area contributed by atoms with Gasteiger partial charge in [0.25, 0.3) is 0 Å². The lowest BCUT2D eigenvalue weighted by Crippen LogP contribution is -2.40. The summed E-state index contributed by atoms with van der Waals surface area (Å²) < 4.78 is 11.5. The number of carbonyl (C=O) groups is 1. The molecule has 4 heteroatoms. The maximum absolute atomic E-state index is 12.0. The molecule has 1 aromatic carbocycles. The van der Waals surface area contributed by atoms with Crippen molar-refractivity contribution in [2.24, 2.45) is 0 Å². The van der Waals surface area contributed by atoms with Crippen LogP contribution in [0.3, 0.4) is 0 Å². The van der Waals surface area contributed by atoms with E-state index in [-0.39, 0.29) is 12.0 Å². The Bertz CT molecular complexity index is 892. The second-order valence-corrected chi connectivity index (χ2v) is 8.26. The molecule has 0 unspecified atom stereocenters. The normalized spacial score (nSPS) is 16.1. The maximum atomic E-state index is 12.0. The molecule has 188 valence electrons. The number of para-hydroxylation sites is 2. The fourth-order valence-corrected chi connectivity index (χ4v) is 3.33. The van der Waals surface area contributed by atoms with Gasteiger partial charge in [-0.2, -0.15) is 0 Å². The van der Waals surface area contributed by atoms with Crippen LogP contribution in [0.1, 0.15) is 58.3 Å². The van der Waals surface area contributed by atoms with Crippen LogP contribution >= 0.6 is 0 Å². The minimum Gasteiger partial charge on any atom is -0.486 e. The number of rotatable bonds is 16. The summed E-state index contributed by atoms with van der Waals surface area (Å²) in [5.41, 5.74) is 0. The smallest absolute Gasteiger partial charge is 0.220 e. The van der Waals surface area contributed by atoms with Crippen molar-refractivity contribution in [2.75, 3.05) is 13.2 Å². The molecule has 35 heavy (non-hydrogen) atoms. The van der Waals surface area contributed by atoms with Crippen molar-refractivity contribution in [1.29, 1.82) is 0 Å². The van der Waals surface area contributed by atoms with Crippen LogP contribution in [-0.2, 0) is 4.79 Å². The summed E-state index contributed by atoms with van der Waals surface area (Å²) in [5.74, 6) is 1.52. The quantitative estimate of drug-likeness (QED) is 0.253. The SMILES string of the molecule is CCC=CCC=CCC=CCC=CCC=CCC=CCCC(=O)NC[C@H]1COc2ccccc2O1. The Morgan fingerprint density at radius 2 is 1.31 bits per heavy atom. The first kappa shape index (κ1) is 28.0. The molecule has 0 spiro atoms. The topological polar surface area (TPSA) is 47.6 Å². The van der Waals surface area contributed by atoms with Gasteiger partial charge in [-0.15, -0.1) is 0 Å². The van der Waals surface area contributed by atoms with Crippen LogP contribution in [0, 0.1) is 0 Å². The van der Waals surface area contributed by atoms with Gasteiger partial charge in [0.2, 0.25) is 5.91 Å². The van der Waals surface area contributed by atoms with Crippen LogP contribution in [0.4, 0.5) is 0 Å². The molecule has 4 nitrogen and oxygen atoms in total. The van der Waals surface area contributed by atoms with E-state index in [2.05, 4.69) is 85.2 Å². The number of benzene rings is 1. The second kappa shape index (κ2) is 19.1. The zero-order valence-corrected chi connectivity index (χ0v) is 21.1. The first-order chi connectivity index (χ1) is 17.3. The zero-order valence-electron chi connectivity index (χ0n) is 21.1. The van der Waals surface area contributed by atoms with Crippen LogP contribution in [-0.4, -0.2) is 25.2 Å². The Morgan fingerprint density at radius 1 is 0.800 bits per heavy atom. The number of amides is 1. The van der Waals surface area contributed by atoms with E-state index in [9.17, 15) is 4.79 Å². The van der Waals surface area contributed by atoms with Crippen molar-refractivity contribution in [3.63, 3.8) is 0 Å². The molecule has 0 aromatic heterocycles. The molecule has 0 saturated carbocycles. The van der Waals surface area contributed by atoms with Crippen molar-refractivity contribution < 1.29 is 14.3 Å². The molecule has 1 amide bonds. The first-order valence-corrected chi connectivity index (χ1v) is 12.8. The third-order valence-corrected chi connectivity index (χ3v) is 5.23. The molecular formula is C31H41NO3. The minimum absolute atomic E-state index is 0.0342. The molecule has 0 fully saturated rings. The average Bonchev–Trinajstić information content (AvgIpc) is 2.88. The van der Waals surface area contributed by atoms with Gasteiger partial charge in [0, 0.05) is 6.42 Å². The number of carbonyl (C=O) groups excluding carboxylic acids is 1. The number of hydrogen-bond donors (Lipinski definition) is 1. The van der Waals surface area contributed by atoms with Crippen LogP contribution in [0.2, 0.25) is 0 Å². The van der Waals surface area contributed by atoms with Gasteiger partial charge in [0.15, 0.2) is 11.5 Å². The van der Waals surface area contributed by atoms with Crippen LogP contribution in [0.25, 0.3) is 0 Å². The standard InChI is InChI=1S/C31H41NO3/c1-2-3-4-5-6-7-8-9-10-11-12-13-14-15-16-17-18-19-20-25-31(33)32-26-28-27-34-29-23-21-22-24-30(29)35-28/h3-4,6-7,9-10,12-13,15-16,18-19,21-24,28H,2,5,8,11,14,17,20,25-27H2,1H3,(H,32,33)/t28-/m0/s1. The monoisotopic (exact) mass is 475 g/mol. The Balaban J connectivity index is 1.43. The predicted octanol–water partition coefficient (Wildman–Crippen LogP) is 7.42. The van der Waals surface area contributed by atoms with E-state index in [4.69, 9.17) is 9.47 Å². The molecule has 1 aromatic rings. The van der Waals surface area contributed by atoms with Gasteiger partial charge in [-0.1, -0.05) is 92.0 Å². The van der Waals surface area contributed by atoms with Gasteiger partial charge < -0.3 is 14.8 Å². The molecule has 0 radical (unpaired) electrons. The van der Waals surface area contributed by atoms with E-state index in [0.29, 0.717) is 19.6 Å². The largest absolute Gasteiger partial charge is 0.486 e. The highest BCUT2D eigenvalue weighted by Crippen LogP contribution is 2.30. The van der Waals surface area contributed by atoms with Gasteiger partial charge >= 0.3 is 0 Å². The first-order valence-electron chi connectivity index (χ1n) is 12.8. The molecule has 1 N–H and O–H groups in total. The van der Waals surface area contributed by atoms with Gasteiger partial charge in [-0.3, -0.25) is 4.79 Å². The molecule has 1 aliphatic rings. The van der Waals surface area contributed by atoms with Crippen molar-refractivity contribution in [1.82, 2.24) is 5.32 Å². The molecule has 0 bridgehead atoms. The fraction of sp³-hybridized carbons (Fsp3) is 0.387. The van der Waals surface area contributed by atoms with E-state index >= 15 is 0 Å². The van der Waals surface area contributed by atoms with E-state index in [1.807, 2.05) is 24.3 Å². The molecule has 1 aliphatic heterocycles. The van der Waals surface area contributed by atoms with E-state index in [0.717, 1.165) is 56.4 Å². The highest BCUT2D eigenvalue weighted by atomic mass is 16.6. The number of fused-ring (bicyclic) bond motifs is 1. The van der Waals surface area contributed by atoms with Crippen LogP contribution in [0.15, 0.2) is 97.2 Å². The van der Waals surface area contributed by atoms with Crippen molar-refractivity contribution in [3.8, 4) is 11.5 Å². The summed E-state index contributed by atoms with van der Waals surface area (Å²) in [6, 6.07) is 7.59. The summed E-state index contributed by atoms with van der Waals surface area (Å²) in [6.07, 6.45) is 33.2. The number of nitrogens with one attached hydrogen (secondary N) is 1. The summed E-state index contributed by atoms with van der Waals surface area (Å²) in [7, 11) is 0. The van der Waals surface area contributed by atoms with Crippen LogP contribution in [0.5, 0.6) is 11.5 Å². The van der Waals surface area contributed by atoms with Gasteiger partial charge in [0.1, 0.15) is 12.7 Å². The van der Waals surface area contributed by atoms with E-state index in [1.165, 1.54) is 0 Å². The van der Waals surface area contributed by atoms with Crippen molar-refractivity contribution in [3.05, 3.63) is 97.2 Å². The highest BCUT2D eigenvalue weighted by Gasteiger charge is 2.20. The lowest BCUT2D eigenvalue weighted by Gasteiger charge is -2.26. The Kier molecular flexibility index (Phi) is 15.2. The number of allylic oxidation sites excluding steroid dienone is 12. The third kappa shape index (κ3) is 13.9. The summed E-state index contributed by atoms with van der Waals surface area (Å²) >= 11 is 0. The van der Waals surface area contributed by atoms with Gasteiger partial charge in [-0.05, 0) is 57.1 Å². The summed E-state index contributed by atoms with van der Waals surface area (Å²) in [4.78, 5) is 12.0. The molecule has 0 aliphatic carbocycles. The third-order valence-electron chi connectivity index (χ3n) is 5.23. The fourth-order valence-electron chi connectivity index (χ4n) is 3.33. The lowest BCUT2D eigenvalue weighted by molar-refractivity contribution is -0.121. The molecule has 2 rings (SSSR count). The minimum atomic E-state index is -0.153. The summed E-state index contributed by atoms with van der Waals surface area (Å²) in [6.45, 7) is 3.06. The van der Waals surface area contributed by atoms with Crippen molar-refractivity contribution in [2.45, 2.75) is 64.4 Å². The molecule has 0 saturated heterocycles. The Hall–Kier alpha value is -3.27. The average molecular weight is 476 g/mol. The zero-order chi connectivity index (χ0) is 24.8. The molecular weight excluding hydrogens is 434 g/mol. The second-order valence-electron chi connectivity index (χ2n) is 8.26. The molecule has 1 heterocycles.